The maximum absolute atomic E-state index is 13.3. The summed E-state index contributed by atoms with van der Waals surface area (Å²) in [7, 11) is -3.67. The summed E-state index contributed by atoms with van der Waals surface area (Å²) in [6.45, 7) is 0.139. The van der Waals surface area contributed by atoms with Crippen LogP contribution in [-0.2, 0) is 16.2 Å². The Morgan fingerprint density at radius 1 is 1.11 bits per heavy atom. The largest absolute Gasteiger partial charge is 0.418 e. The second-order valence-electron chi connectivity index (χ2n) is 5.78. The van der Waals surface area contributed by atoms with Crippen molar-refractivity contribution in [3.63, 3.8) is 0 Å². The summed E-state index contributed by atoms with van der Waals surface area (Å²) in [5, 5.41) is 12.4. The van der Waals surface area contributed by atoms with Gasteiger partial charge in [0.2, 0.25) is 0 Å². The highest BCUT2D eigenvalue weighted by Gasteiger charge is 2.38. The highest BCUT2D eigenvalue weighted by atomic mass is 32.2. The highest BCUT2D eigenvalue weighted by molar-refractivity contribution is 7.91. The van der Waals surface area contributed by atoms with Crippen molar-refractivity contribution in [1.29, 1.82) is 0 Å². The number of benzene rings is 1. The van der Waals surface area contributed by atoms with Gasteiger partial charge < -0.3 is 4.90 Å². The molecule has 1 fully saturated rings. The van der Waals surface area contributed by atoms with E-state index in [1.54, 1.807) is 11.4 Å². The van der Waals surface area contributed by atoms with E-state index in [9.17, 15) is 31.7 Å². The number of thiophene rings is 1. The lowest BCUT2D eigenvalue weighted by molar-refractivity contribution is -0.385. The van der Waals surface area contributed by atoms with E-state index in [-0.39, 0.29) is 36.1 Å². The molecular weight excluding hydrogens is 407 g/mol. The summed E-state index contributed by atoms with van der Waals surface area (Å²) in [6, 6.07) is 5.67. The van der Waals surface area contributed by atoms with Gasteiger partial charge in [-0.1, -0.05) is 6.07 Å². The molecule has 0 radical (unpaired) electrons. The number of nitro groups is 1. The molecule has 0 saturated carbocycles. The van der Waals surface area contributed by atoms with E-state index in [4.69, 9.17) is 0 Å². The van der Waals surface area contributed by atoms with Crippen molar-refractivity contribution in [2.75, 3.05) is 31.1 Å². The normalized spacial score (nSPS) is 16.5. The van der Waals surface area contributed by atoms with Gasteiger partial charge in [-0.15, -0.1) is 11.3 Å². The van der Waals surface area contributed by atoms with E-state index >= 15 is 0 Å². The molecule has 0 aliphatic carbocycles. The first kappa shape index (κ1) is 19.6. The van der Waals surface area contributed by atoms with E-state index in [2.05, 4.69) is 0 Å². The maximum Gasteiger partial charge on any atom is 0.418 e. The highest BCUT2D eigenvalue weighted by Crippen LogP contribution is 2.39. The van der Waals surface area contributed by atoms with Crippen molar-refractivity contribution in [3.05, 3.63) is 51.4 Å². The second-order valence-corrected chi connectivity index (χ2v) is 8.89. The summed E-state index contributed by atoms with van der Waals surface area (Å²) in [5.41, 5.74) is -1.95. The van der Waals surface area contributed by atoms with Gasteiger partial charge >= 0.3 is 6.18 Å². The van der Waals surface area contributed by atoms with Crippen LogP contribution in [0.15, 0.2) is 39.9 Å². The zero-order valence-electron chi connectivity index (χ0n) is 13.7. The van der Waals surface area contributed by atoms with Crippen LogP contribution in [0.25, 0.3) is 0 Å². The van der Waals surface area contributed by atoms with E-state index < -0.39 is 32.4 Å². The van der Waals surface area contributed by atoms with Crippen molar-refractivity contribution in [1.82, 2.24) is 4.31 Å². The molecule has 1 saturated heterocycles. The molecule has 1 aliphatic rings. The Morgan fingerprint density at radius 3 is 2.30 bits per heavy atom. The third-order valence-electron chi connectivity index (χ3n) is 4.16. The van der Waals surface area contributed by atoms with Crippen molar-refractivity contribution < 1.29 is 26.5 Å². The molecule has 0 unspecified atom stereocenters. The molecule has 7 nitrogen and oxygen atoms in total. The molecule has 0 bridgehead atoms. The molecule has 12 heteroatoms. The van der Waals surface area contributed by atoms with Gasteiger partial charge in [0.1, 0.15) is 4.21 Å². The number of non-ortho nitro benzene ring substituents is 1. The van der Waals surface area contributed by atoms with Gasteiger partial charge in [-0.2, -0.15) is 17.5 Å². The maximum atomic E-state index is 13.3. The van der Waals surface area contributed by atoms with Gasteiger partial charge in [0, 0.05) is 44.0 Å². The number of halogens is 3. The summed E-state index contributed by atoms with van der Waals surface area (Å²) >= 11 is 1.07. The lowest BCUT2D eigenvalue weighted by Gasteiger charge is -2.36. The van der Waals surface area contributed by atoms with E-state index in [0.29, 0.717) is 6.07 Å². The first-order valence-electron chi connectivity index (χ1n) is 7.75. The number of hydrogen-bond donors (Lipinski definition) is 0. The van der Waals surface area contributed by atoms with Crippen molar-refractivity contribution >= 4 is 32.7 Å². The number of hydrogen-bond acceptors (Lipinski definition) is 6. The Bertz CT molecular complexity index is 938. The Balaban J connectivity index is 1.83. The van der Waals surface area contributed by atoms with Crippen LogP contribution in [0.1, 0.15) is 5.56 Å². The molecule has 1 aliphatic heterocycles. The fourth-order valence-electron chi connectivity index (χ4n) is 2.85. The van der Waals surface area contributed by atoms with E-state index in [0.717, 1.165) is 23.5 Å². The van der Waals surface area contributed by atoms with Gasteiger partial charge in [0.25, 0.3) is 15.7 Å². The number of piperazine rings is 1. The lowest BCUT2D eigenvalue weighted by Crippen LogP contribution is -2.49. The predicted octanol–water partition coefficient (Wildman–Crippen LogP) is 3.19. The molecular formula is C15H14F3N3O4S2. The quantitative estimate of drug-likeness (QED) is 0.559. The number of anilines is 1. The fraction of sp³-hybridized carbons (Fsp3) is 0.333. The predicted molar refractivity (Wildman–Crippen MR) is 93.4 cm³/mol. The third-order valence-corrected chi connectivity index (χ3v) is 7.44. The number of sulfonamides is 1. The van der Waals surface area contributed by atoms with Crippen LogP contribution in [-0.4, -0.2) is 43.8 Å². The first-order valence-corrected chi connectivity index (χ1v) is 10.1. The van der Waals surface area contributed by atoms with Gasteiger partial charge in [-0.05, 0) is 17.5 Å². The zero-order valence-corrected chi connectivity index (χ0v) is 15.4. The Labute approximate surface area is 156 Å². The van der Waals surface area contributed by atoms with Crippen LogP contribution >= 0.6 is 11.3 Å². The van der Waals surface area contributed by atoms with Gasteiger partial charge in [0.15, 0.2) is 0 Å². The topological polar surface area (TPSA) is 83.8 Å². The summed E-state index contributed by atoms with van der Waals surface area (Å²) in [4.78, 5) is 11.3. The van der Waals surface area contributed by atoms with Crippen LogP contribution in [0.4, 0.5) is 24.5 Å². The summed E-state index contributed by atoms with van der Waals surface area (Å²) in [6.07, 6.45) is -4.76. The van der Waals surface area contributed by atoms with Crippen LogP contribution in [0.3, 0.4) is 0 Å². The van der Waals surface area contributed by atoms with E-state index in [1.807, 2.05) is 0 Å². The van der Waals surface area contributed by atoms with Crippen molar-refractivity contribution in [2.24, 2.45) is 0 Å². The fourth-order valence-corrected chi connectivity index (χ4v) is 5.41. The Kier molecular flexibility index (Phi) is 5.14. The van der Waals surface area contributed by atoms with Gasteiger partial charge in [-0.3, -0.25) is 10.1 Å². The second kappa shape index (κ2) is 7.09. The first-order chi connectivity index (χ1) is 12.6. The molecule has 3 rings (SSSR count). The average Bonchev–Trinajstić information content (AvgIpc) is 3.16. The minimum absolute atomic E-state index is 0.0223. The van der Waals surface area contributed by atoms with E-state index in [1.165, 1.54) is 15.3 Å². The molecule has 0 amide bonds. The summed E-state index contributed by atoms with van der Waals surface area (Å²) in [5.74, 6) is 0. The smallest absolute Gasteiger partial charge is 0.368 e. The van der Waals surface area contributed by atoms with Crippen LogP contribution < -0.4 is 4.90 Å². The molecule has 2 heterocycles. The van der Waals surface area contributed by atoms with Crippen LogP contribution in [0, 0.1) is 10.1 Å². The Hall–Kier alpha value is -2.18. The number of alkyl halides is 3. The zero-order chi connectivity index (χ0) is 19.8. The van der Waals surface area contributed by atoms with Crippen molar-refractivity contribution in [3.8, 4) is 0 Å². The lowest BCUT2D eigenvalue weighted by atomic mass is 10.1. The molecule has 2 aromatic rings. The molecule has 0 spiro atoms. The van der Waals surface area contributed by atoms with Crippen LogP contribution in [0.2, 0.25) is 0 Å². The SMILES string of the molecule is O=[N+]([O-])c1ccc(N2CCN(S(=O)(=O)c3cccs3)CC2)c(C(F)(F)F)c1. The molecule has 1 aromatic heterocycles. The standard InChI is InChI=1S/C15H14F3N3O4S2/c16-15(17,18)12-10-11(21(22)23)3-4-13(12)19-5-7-20(8-6-19)27(24,25)14-2-1-9-26-14/h1-4,9-10H,5-8H2. The number of rotatable bonds is 4. The summed E-state index contributed by atoms with van der Waals surface area (Å²) < 4.78 is 66.4. The average molecular weight is 421 g/mol. The van der Waals surface area contributed by atoms with Gasteiger partial charge in [0.05, 0.1) is 10.5 Å². The molecule has 146 valence electrons. The minimum atomic E-state index is -4.76. The molecule has 1 aromatic carbocycles. The Morgan fingerprint density at radius 2 is 1.78 bits per heavy atom. The number of nitro benzene ring substituents is 1. The minimum Gasteiger partial charge on any atom is -0.368 e. The number of nitrogens with zero attached hydrogens (tertiary/aromatic N) is 3. The molecule has 0 atom stereocenters. The molecule has 27 heavy (non-hydrogen) atoms. The monoisotopic (exact) mass is 421 g/mol. The third kappa shape index (κ3) is 3.92. The van der Waals surface area contributed by atoms with Gasteiger partial charge in [-0.25, -0.2) is 8.42 Å². The van der Waals surface area contributed by atoms with Crippen molar-refractivity contribution in [2.45, 2.75) is 10.4 Å². The molecule has 0 N–H and O–H groups in total. The van der Waals surface area contributed by atoms with Crippen LogP contribution in [0.5, 0.6) is 0 Å².